The summed E-state index contributed by atoms with van der Waals surface area (Å²) < 4.78 is 1.78. The highest BCUT2D eigenvalue weighted by Crippen LogP contribution is 2.22. The van der Waals surface area contributed by atoms with Crippen LogP contribution < -0.4 is 0 Å². The van der Waals surface area contributed by atoms with Crippen LogP contribution in [0.4, 0.5) is 0 Å². The first-order valence-corrected chi connectivity index (χ1v) is 7.01. The zero-order chi connectivity index (χ0) is 14.9. The minimum Gasteiger partial charge on any atom is -0.294 e. The second-order valence-electron chi connectivity index (χ2n) is 4.85. The highest BCUT2D eigenvalue weighted by molar-refractivity contribution is 6.32. The van der Waals surface area contributed by atoms with Crippen LogP contribution in [0.25, 0.3) is 0 Å². The average Bonchev–Trinajstić information content (AvgIpc) is 2.66. The predicted octanol–water partition coefficient (Wildman–Crippen LogP) is 3.30. The van der Waals surface area contributed by atoms with Crippen molar-refractivity contribution < 1.29 is 4.79 Å². The van der Waals surface area contributed by atoms with Gasteiger partial charge in [-0.15, -0.1) is 0 Å². The third kappa shape index (κ3) is 2.75. The van der Waals surface area contributed by atoms with E-state index in [1.807, 2.05) is 39.8 Å². The first kappa shape index (κ1) is 14.7. The smallest absolute Gasteiger partial charge is 0.170 e. The number of carbonyl (C=O) groups excluding carboxylic acids is 1. The van der Waals surface area contributed by atoms with E-state index in [4.69, 9.17) is 11.6 Å². The average molecular weight is 292 g/mol. The van der Waals surface area contributed by atoms with Crippen molar-refractivity contribution >= 4 is 17.4 Å². The summed E-state index contributed by atoms with van der Waals surface area (Å²) in [4.78, 5) is 16.8. The van der Waals surface area contributed by atoms with Gasteiger partial charge in [0.1, 0.15) is 0 Å². The lowest BCUT2D eigenvalue weighted by molar-refractivity contribution is 0.0989. The molecule has 0 radical (unpaired) electrons. The molecule has 0 aliphatic rings. The molecular weight excluding hydrogens is 274 g/mol. The molecule has 0 N–H and O–H groups in total. The Kier molecular flexibility index (Phi) is 4.23. The van der Waals surface area contributed by atoms with E-state index >= 15 is 0 Å². The molecule has 2 aromatic heterocycles. The van der Waals surface area contributed by atoms with Crippen molar-refractivity contribution in [3.05, 3.63) is 45.5 Å². The first-order chi connectivity index (χ1) is 9.43. The van der Waals surface area contributed by atoms with Crippen molar-refractivity contribution in [3.63, 3.8) is 0 Å². The second-order valence-corrected chi connectivity index (χ2v) is 5.23. The van der Waals surface area contributed by atoms with Gasteiger partial charge in [-0.1, -0.05) is 11.6 Å². The maximum atomic E-state index is 12.4. The fourth-order valence-corrected chi connectivity index (χ4v) is 2.47. The fraction of sp³-hybridized carbons (Fsp3) is 0.400. The maximum Gasteiger partial charge on any atom is 0.170 e. The SMILES string of the molecule is CCn1nc(C)c(Cl)c1CC(=O)c1ccc(C)nc1C. The molecule has 0 unspecified atom stereocenters. The molecule has 4 nitrogen and oxygen atoms in total. The minimum atomic E-state index is 0.0199. The molecule has 0 aromatic carbocycles. The van der Waals surface area contributed by atoms with Gasteiger partial charge in [0.2, 0.25) is 0 Å². The summed E-state index contributed by atoms with van der Waals surface area (Å²) in [6, 6.07) is 3.68. The molecule has 0 fully saturated rings. The molecular formula is C15H18ClN3O. The number of rotatable bonds is 4. The normalized spacial score (nSPS) is 10.8. The van der Waals surface area contributed by atoms with Crippen LogP contribution in [0.15, 0.2) is 12.1 Å². The number of Topliss-reactive ketones (excluding diaryl/α,β-unsaturated/α-hetero) is 1. The van der Waals surface area contributed by atoms with E-state index < -0.39 is 0 Å². The second kappa shape index (κ2) is 5.75. The molecule has 106 valence electrons. The molecule has 2 rings (SSSR count). The van der Waals surface area contributed by atoms with Crippen molar-refractivity contribution in [2.24, 2.45) is 0 Å². The van der Waals surface area contributed by atoms with Gasteiger partial charge in [-0.05, 0) is 39.8 Å². The van der Waals surface area contributed by atoms with Crippen molar-refractivity contribution in [2.75, 3.05) is 0 Å². The van der Waals surface area contributed by atoms with Crippen LogP contribution in [-0.4, -0.2) is 20.5 Å². The summed E-state index contributed by atoms with van der Waals surface area (Å²) in [5.41, 5.74) is 3.84. The highest BCUT2D eigenvalue weighted by atomic mass is 35.5. The standard InChI is InChI=1S/C15H18ClN3O/c1-5-19-13(15(16)11(4)18-19)8-14(20)12-7-6-9(2)17-10(12)3/h6-7H,5,8H2,1-4H3. The van der Waals surface area contributed by atoms with Gasteiger partial charge in [0.25, 0.3) is 0 Å². The summed E-state index contributed by atoms with van der Waals surface area (Å²) in [5.74, 6) is 0.0199. The van der Waals surface area contributed by atoms with Crippen LogP contribution in [0.1, 0.15) is 40.1 Å². The number of carbonyl (C=O) groups is 1. The summed E-state index contributed by atoms with van der Waals surface area (Å²) >= 11 is 6.24. The number of ketones is 1. The number of halogens is 1. The third-order valence-corrected chi connectivity index (χ3v) is 3.80. The van der Waals surface area contributed by atoms with Crippen LogP contribution in [0.3, 0.4) is 0 Å². The van der Waals surface area contributed by atoms with Gasteiger partial charge in [-0.2, -0.15) is 5.10 Å². The Morgan fingerprint density at radius 1 is 1.25 bits per heavy atom. The van der Waals surface area contributed by atoms with Gasteiger partial charge < -0.3 is 0 Å². The molecule has 0 aliphatic carbocycles. The van der Waals surface area contributed by atoms with Crippen LogP contribution in [0.2, 0.25) is 5.02 Å². The third-order valence-electron chi connectivity index (χ3n) is 3.31. The van der Waals surface area contributed by atoms with Crippen LogP contribution in [0.5, 0.6) is 0 Å². The number of aryl methyl sites for hydroxylation is 4. The molecule has 20 heavy (non-hydrogen) atoms. The van der Waals surface area contributed by atoms with Crippen molar-refractivity contribution in [1.82, 2.24) is 14.8 Å². The van der Waals surface area contributed by atoms with Gasteiger partial charge in [0.15, 0.2) is 5.78 Å². The Morgan fingerprint density at radius 2 is 1.95 bits per heavy atom. The van der Waals surface area contributed by atoms with E-state index in [1.54, 1.807) is 4.68 Å². The molecule has 0 spiro atoms. The zero-order valence-corrected chi connectivity index (χ0v) is 13.0. The van der Waals surface area contributed by atoms with E-state index in [9.17, 15) is 4.79 Å². The minimum absolute atomic E-state index is 0.0199. The van der Waals surface area contributed by atoms with Crippen molar-refractivity contribution in [3.8, 4) is 0 Å². The van der Waals surface area contributed by atoms with E-state index in [1.165, 1.54) is 0 Å². The number of aromatic nitrogens is 3. The molecule has 5 heteroatoms. The highest BCUT2D eigenvalue weighted by Gasteiger charge is 2.18. The molecule has 0 atom stereocenters. The molecule has 0 aliphatic heterocycles. The number of pyridine rings is 1. The summed E-state index contributed by atoms with van der Waals surface area (Å²) in [7, 11) is 0. The topological polar surface area (TPSA) is 47.8 Å². The van der Waals surface area contributed by atoms with Crippen LogP contribution in [0, 0.1) is 20.8 Å². The largest absolute Gasteiger partial charge is 0.294 e. The lowest BCUT2D eigenvalue weighted by Gasteiger charge is -2.07. The Bertz CT molecular complexity index is 661. The fourth-order valence-electron chi connectivity index (χ4n) is 2.27. The van der Waals surface area contributed by atoms with Gasteiger partial charge in [-0.25, -0.2) is 0 Å². The molecule has 0 saturated heterocycles. The molecule has 0 amide bonds. The number of hydrogen-bond donors (Lipinski definition) is 0. The Balaban J connectivity index is 2.32. The van der Waals surface area contributed by atoms with Crippen molar-refractivity contribution in [1.29, 1.82) is 0 Å². The van der Waals surface area contributed by atoms with E-state index in [-0.39, 0.29) is 12.2 Å². The summed E-state index contributed by atoms with van der Waals surface area (Å²) in [5, 5.41) is 4.91. The summed E-state index contributed by atoms with van der Waals surface area (Å²) in [6.45, 7) is 8.29. The van der Waals surface area contributed by atoms with Crippen molar-refractivity contribution in [2.45, 2.75) is 40.7 Å². The van der Waals surface area contributed by atoms with Crippen LogP contribution in [-0.2, 0) is 13.0 Å². The van der Waals surface area contributed by atoms with Gasteiger partial charge >= 0.3 is 0 Å². The van der Waals surface area contributed by atoms with Gasteiger partial charge in [-0.3, -0.25) is 14.5 Å². The molecule has 2 aromatic rings. The quantitative estimate of drug-likeness (QED) is 0.812. The Labute approximate surface area is 123 Å². The number of hydrogen-bond acceptors (Lipinski definition) is 3. The van der Waals surface area contributed by atoms with E-state index in [0.717, 1.165) is 22.8 Å². The van der Waals surface area contributed by atoms with Gasteiger partial charge in [0.05, 0.1) is 22.8 Å². The van der Waals surface area contributed by atoms with E-state index in [2.05, 4.69) is 10.1 Å². The number of nitrogens with zero attached hydrogens (tertiary/aromatic N) is 3. The zero-order valence-electron chi connectivity index (χ0n) is 12.2. The maximum absolute atomic E-state index is 12.4. The Morgan fingerprint density at radius 3 is 2.55 bits per heavy atom. The van der Waals surface area contributed by atoms with Gasteiger partial charge in [0, 0.05) is 23.5 Å². The lowest BCUT2D eigenvalue weighted by atomic mass is 10.0. The molecule has 0 saturated carbocycles. The van der Waals surface area contributed by atoms with Crippen LogP contribution >= 0.6 is 11.6 Å². The molecule has 0 bridgehead atoms. The Hall–Kier alpha value is -1.68. The first-order valence-electron chi connectivity index (χ1n) is 6.63. The predicted molar refractivity (Wildman–Crippen MR) is 79.4 cm³/mol. The molecule has 2 heterocycles. The summed E-state index contributed by atoms with van der Waals surface area (Å²) in [6.07, 6.45) is 0.249. The monoisotopic (exact) mass is 291 g/mol. The lowest BCUT2D eigenvalue weighted by Crippen LogP contribution is -2.12. The van der Waals surface area contributed by atoms with E-state index in [0.29, 0.717) is 17.1 Å².